The minimum atomic E-state index is -0.608. The van der Waals surface area contributed by atoms with E-state index in [4.69, 9.17) is 16.9 Å². The number of rotatable bonds is 4. The lowest BCUT2D eigenvalue weighted by molar-refractivity contribution is 0.619. The van der Waals surface area contributed by atoms with E-state index in [1.807, 2.05) is 0 Å². The summed E-state index contributed by atoms with van der Waals surface area (Å²) in [6, 6.07) is 7.09. The largest absolute Gasteiger partial charge is 0.337 e. The first kappa shape index (κ1) is 14.0. The average Bonchev–Trinajstić information content (AvgIpc) is 2.45. The molecule has 0 unspecified atom stereocenters. The molecule has 0 spiro atoms. The highest BCUT2D eigenvalue weighted by atomic mass is 35.5. The van der Waals surface area contributed by atoms with E-state index in [2.05, 4.69) is 27.9 Å². The first-order valence-electron chi connectivity index (χ1n) is 5.73. The van der Waals surface area contributed by atoms with Gasteiger partial charge in [0.2, 0.25) is 5.28 Å². The first-order valence-corrected chi connectivity index (χ1v) is 6.11. The Morgan fingerprint density at radius 3 is 3.00 bits per heavy atom. The van der Waals surface area contributed by atoms with Crippen LogP contribution in [-0.2, 0) is 6.42 Å². The zero-order valence-corrected chi connectivity index (χ0v) is 11.2. The van der Waals surface area contributed by atoms with Crippen molar-refractivity contribution in [3.05, 3.63) is 59.3 Å². The van der Waals surface area contributed by atoms with Crippen LogP contribution in [0.2, 0.25) is 5.28 Å². The van der Waals surface area contributed by atoms with Crippen molar-refractivity contribution >= 4 is 23.1 Å². The summed E-state index contributed by atoms with van der Waals surface area (Å²) < 4.78 is 13.6. The van der Waals surface area contributed by atoms with Gasteiger partial charge in [0, 0.05) is 5.69 Å². The molecule has 0 radical (unpaired) electrons. The zero-order valence-electron chi connectivity index (χ0n) is 10.4. The minimum Gasteiger partial charge on any atom is -0.337 e. The van der Waals surface area contributed by atoms with E-state index >= 15 is 0 Å². The molecule has 6 heteroatoms. The van der Waals surface area contributed by atoms with Gasteiger partial charge in [-0.3, -0.25) is 0 Å². The van der Waals surface area contributed by atoms with Crippen LogP contribution in [0.3, 0.4) is 0 Å². The second-order valence-corrected chi connectivity index (χ2v) is 4.28. The molecule has 0 bridgehead atoms. The van der Waals surface area contributed by atoms with E-state index in [1.165, 1.54) is 0 Å². The number of hydrogen-bond donors (Lipinski definition) is 1. The predicted octanol–water partition coefficient (Wildman–Crippen LogP) is 3.61. The summed E-state index contributed by atoms with van der Waals surface area (Å²) in [5.74, 6) is -0.622. The maximum atomic E-state index is 13.6. The van der Waals surface area contributed by atoms with E-state index < -0.39 is 5.82 Å². The standard InChI is InChI=1S/C14H10ClFN4/c1-2-3-10-6-9(7-17)4-5-12(10)19-13-11(16)8-18-14(15)20-13/h2,4-6,8H,1,3H2,(H,18,19,20). The Kier molecular flexibility index (Phi) is 4.28. The summed E-state index contributed by atoms with van der Waals surface area (Å²) in [5.41, 5.74) is 1.97. The number of halogens is 2. The molecule has 2 rings (SSSR count). The van der Waals surface area contributed by atoms with Gasteiger partial charge in [-0.25, -0.2) is 9.37 Å². The number of hydrogen-bond acceptors (Lipinski definition) is 4. The lowest BCUT2D eigenvalue weighted by atomic mass is 10.1. The summed E-state index contributed by atoms with van der Waals surface area (Å²) in [6.45, 7) is 3.66. The van der Waals surface area contributed by atoms with E-state index in [0.29, 0.717) is 17.7 Å². The molecule has 2 aromatic rings. The van der Waals surface area contributed by atoms with Crippen LogP contribution in [0.5, 0.6) is 0 Å². The molecule has 0 aliphatic heterocycles. The minimum absolute atomic E-state index is 0.0139. The van der Waals surface area contributed by atoms with Crippen molar-refractivity contribution in [2.75, 3.05) is 5.32 Å². The molecule has 1 aromatic carbocycles. The van der Waals surface area contributed by atoms with Crippen LogP contribution in [0.4, 0.5) is 15.9 Å². The summed E-state index contributed by atoms with van der Waals surface area (Å²) in [6.07, 6.45) is 3.23. The molecule has 1 heterocycles. The van der Waals surface area contributed by atoms with Gasteiger partial charge in [0.15, 0.2) is 11.6 Å². The van der Waals surface area contributed by atoms with E-state index in [-0.39, 0.29) is 11.1 Å². The van der Waals surface area contributed by atoms with Crippen molar-refractivity contribution in [1.82, 2.24) is 9.97 Å². The third kappa shape index (κ3) is 3.11. The van der Waals surface area contributed by atoms with Gasteiger partial charge in [-0.05, 0) is 41.8 Å². The lowest BCUT2D eigenvalue weighted by Gasteiger charge is -2.11. The summed E-state index contributed by atoms with van der Waals surface area (Å²) in [4.78, 5) is 7.34. The fourth-order valence-corrected chi connectivity index (χ4v) is 1.80. The zero-order chi connectivity index (χ0) is 14.5. The van der Waals surface area contributed by atoms with Crippen molar-refractivity contribution in [3.8, 4) is 6.07 Å². The van der Waals surface area contributed by atoms with Crippen LogP contribution in [-0.4, -0.2) is 9.97 Å². The van der Waals surface area contributed by atoms with Crippen molar-refractivity contribution in [1.29, 1.82) is 5.26 Å². The van der Waals surface area contributed by atoms with Gasteiger partial charge < -0.3 is 5.32 Å². The second kappa shape index (κ2) is 6.13. The molecule has 0 saturated heterocycles. The van der Waals surface area contributed by atoms with Crippen molar-refractivity contribution in [2.24, 2.45) is 0 Å². The van der Waals surface area contributed by atoms with Crippen molar-refractivity contribution < 1.29 is 4.39 Å². The normalized spacial score (nSPS) is 9.85. The average molecular weight is 289 g/mol. The number of aromatic nitrogens is 2. The summed E-state index contributed by atoms with van der Waals surface area (Å²) in [7, 11) is 0. The molecular formula is C14H10ClFN4. The van der Waals surface area contributed by atoms with Gasteiger partial charge in [-0.15, -0.1) is 6.58 Å². The molecule has 4 nitrogen and oxygen atoms in total. The SMILES string of the molecule is C=CCc1cc(C#N)ccc1Nc1nc(Cl)ncc1F. The van der Waals surface area contributed by atoms with Crippen LogP contribution in [0.15, 0.2) is 37.1 Å². The molecule has 0 amide bonds. The van der Waals surface area contributed by atoms with Crippen LogP contribution in [0.1, 0.15) is 11.1 Å². The Morgan fingerprint density at radius 2 is 2.30 bits per heavy atom. The topological polar surface area (TPSA) is 61.6 Å². The first-order chi connectivity index (χ1) is 9.63. The number of allylic oxidation sites excluding steroid dienone is 1. The molecule has 0 saturated carbocycles. The molecule has 20 heavy (non-hydrogen) atoms. The molecule has 0 aliphatic carbocycles. The van der Waals surface area contributed by atoms with Crippen molar-refractivity contribution in [2.45, 2.75) is 6.42 Å². The Labute approximate surface area is 120 Å². The van der Waals surface area contributed by atoms with E-state index in [9.17, 15) is 4.39 Å². The van der Waals surface area contributed by atoms with Crippen LogP contribution < -0.4 is 5.32 Å². The lowest BCUT2D eigenvalue weighted by Crippen LogP contribution is -2.01. The van der Waals surface area contributed by atoms with Crippen LogP contribution in [0.25, 0.3) is 0 Å². The fourth-order valence-electron chi connectivity index (χ4n) is 1.67. The Hall–Kier alpha value is -2.45. The number of nitriles is 1. The quantitative estimate of drug-likeness (QED) is 0.689. The van der Waals surface area contributed by atoms with Gasteiger partial charge in [-0.1, -0.05) is 6.08 Å². The molecule has 1 aromatic heterocycles. The summed E-state index contributed by atoms with van der Waals surface area (Å²) in [5, 5.41) is 11.7. The number of nitrogens with one attached hydrogen (secondary N) is 1. The Morgan fingerprint density at radius 1 is 1.50 bits per heavy atom. The van der Waals surface area contributed by atoms with Gasteiger partial charge in [0.1, 0.15) is 0 Å². The molecule has 0 aliphatic rings. The Balaban J connectivity index is 2.40. The smallest absolute Gasteiger partial charge is 0.224 e. The van der Waals surface area contributed by atoms with Gasteiger partial charge in [0.25, 0.3) is 0 Å². The molecule has 0 fully saturated rings. The Bertz CT molecular complexity index is 694. The van der Waals surface area contributed by atoms with Crippen molar-refractivity contribution in [3.63, 3.8) is 0 Å². The maximum Gasteiger partial charge on any atom is 0.224 e. The highest BCUT2D eigenvalue weighted by Gasteiger charge is 2.09. The fraction of sp³-hybridized carbons (Fsp3) is 0.0714. The monoisotopic (exact) mass is 288 g/mol. The number of anilines is 2. The van der Waals surface area contributed by atoms with Crippen LogP contribution >= 0.6 is 11.6 Å². The van der Waals surface area contributed by atoms with Gasteiger partial charge in [-0.2, -0.15) is 10.2 Å². The molecule has 0 atom stereocenters. The predicted molar refractivity (Wildman–Crippen MR) is 75.3 cm³/mol. The number of nitrogens with zero attached hydrogens (tertiary/aromatic N) is 3. The maximum absolute atomic E-state index is 13.6. The molecular weight excluding hydrogens is 279 g/mol. The molecule has 1 N–H and O–H groups in total. The van der Waals surface area contributed by atoms with E-state index in [1.54, 1.807) is 24.3 Å². The van der Waals surface area contributed by atoms with E-state index in [0.717, 1.165) is 11.8 Å². The number of benzene rings is 1. The summed E-state index contributed by atoms with van der Waals surface area (Å²) >= 11 is 5.64. The van der Waals surface area contributed by atoms with Gasteiger partial charge >= 0.3 is 0 Å². The molecule has 100 valence electrons. The van der Waals surface area contributed by atoms with Crippen LogP contribution in [0, 0.1) is 17.1 Å². The highest BCUT2D eigenvalue weighted by molar-refractivity contribution is 6.28. The highest BCUT2D eigenvalue weighted by Crippen LogP contribution is 2.24. The third-order valence-electron chi connectivity index (χ3n) is 2.57. The third-order valence-corrected chi connectivity index (χ3v) is 2.75. The second-order valence-electron chi connectivity index (χ2n) is 3.94. The van der Waals surface area contributed by atoms with Gasteiger partial charge in [0.05, 0.1) is 17.8 Å².